The monoisotopic (exact) mass is 346 g/mol. The van der Waals surface area contributed by atoms with Crippen molar-refractivity contribution >= 4 is 22.4 Å². The summed E-state index contributed by atoms with van der Waals surface area (Å²) >= 11 is 0. The molecule has 1 unspecified atom stereocenters. The van der Waals surface area contributed by atoms with Crippen LogP contribution in [0, 0.1) is 0 Å². The normalized spacial score (nSPS) is 19.0. The molecule has 0 spiro atoms. The molecule has 2 N–H and O–H groups in total. The van der Waals surface area contributed by atoms with Crippen molar-refractivity contribution in [3.05, 3.63) is 29.8 Å². The predicted molar refractivity (Wildman–Crippen MR) is 93.2 cm³/mol. The Hall–Kier alpha value is -0.620. The molecular weight excluding hydrogens is 320 g/mol. The van der Waals surface area contributed by atoms with Crippen LogP contribution in [-0.2, 0) is 15.4 Å². The van der Waals surface area contributed by atoms with Crippen molar-refractivity contribution in [2.24, 2.45) is 0 Å². The SMILES string of the molecule is CCC(C)(C)c1ccc(S(=O)(=O)NCC2CCCN2)cc1.Cl. The van der Waals surface area contributed by atoms with E-state index in [2.05, 4.69) is 30.8 Å². The summed E-state index contributed by atoms with van der Waals surface area (Å²) < 4.78 is 27.3. The zero-order chi connectivity index (χ0) is 15.5. The first-order valence-electron chi connectivity index (χ1n) is 7.69. The van der Waals surface area contributed by atoms with Crippen molar-refractivity contribution in [2.75, 3.05) is 13.1 Å². The smallest absolute Gasteiger partial charge is 0.240 e. The summed E-state index contributed by atoms with van der Waals surface area (Å²) in [6.45, 7) is 7.92. The molecule has 6 heteroatoms. The number of halogens is 1. The first-order valence-corrected chi connectivity index (χ1v) is 9.17. The van der Waals surface area contributed by atoms with Gasteiger partial charge in [-0.05, 0) is 48.9 Å². The summed E-state index contributed by atoms with van der Waals surface area (Å²) in [7, 11) is -3.41. The van der Waals surface area contributed by atoms with Crippen molar-refractivity contribution in [3.63, 3.8) is 0 Å². The van der Waals surface area contributed by atoms with Crippen LogP contribution in [0.5, 0.6) is 0 Å². The van der Waals surface area contributed by atoms with Gasteiger partial charge in [-0.2, -0.15) is 0 Å². The number of benzene rings is 1. The van der Waals surface area contributed by atoms with Gasteiger partial charge in [0.2, 0.25) is 10.0 Å². The Morgan fingerprint density at radius 2 is 1.91 bits per heavy atom. The van der Waals surface area contributed by atoms with Crippen LogP contribution in [-0.4, -0.2) is 27.5 Å². The first-order chi connectivity index (χ1) is 9.85. The van der Waals surface area contributed by atoms with Crippen LogP contribution in [0.1, 0.15) is 45.6 Å². The van der Waals surface area contributed by atoms with Gasteiger partial charge in [0.1, 0.15) is 0 Å². The van der Waals surface area contributed by atoms with E-state index in [1.807, 2.05) is 12.1 Å². The maximum Gasteiger partial charge on any atom is 0.240 e. The zero-order valence-corrected chi connectivity index (χ0v) is 15.2. The van der Waals surface area contributed by atoms with Gasteiger partial charge in [0.15, 0.2) is 0 Å². The van der Waals surface area contributed by atoms with E-state index in [9.17, 15) is 8.42 Å². The number of sulfonamides is 1. The molecule has 0 bridgehead atoms. The van der Waals surface area contributed by atoms with Gasteiger partial charge in [-0.25, -0.2) is 13.1 Å². The van der Waals surface area contributed by atoms with Crippen LogP contribution < -0.4 is 10.0 Å². The van der Waals surface area contributed by atoms with Crippen LogP contribution in [0.2, 0.25) is 0 Å². The second-order valence-corrected chi connectivity index (χ2v) is 8.17. The topological polar surface area (TPSA) is 58.2 Å². The molecule has 1 aromatic rings. The van der Waals surface area contributed by atoms with E-state index < -0.39 is 10.0 Å². The number of hydrogen-bond donors (Lipinski definition) is 2. The molecule has 1 aliphatic heterocycles. The summed E-state index contributed by atoms with van der Waals surface area (Å²) in [5.74, 6) is 0. The molecule has 0 saturated carbocycles. The number of rotatable bonds is 6. The number of hydrogen-bond acceptors (Lipinski definition) is 3. The standard InChI is InChI=1S/C16H26N2O2S.ClH/c1-4-16(2,3)13-7-9-15(10-8-13)21(19,20)18-12-14-6-5-11-17-14;/h7-10,14,17-18H,4-6,11-12H2,1-3H3;1H. The van der Waals surface area contributed by atoms with Crippen molar-refractivity contribution in [2.45, 2.75) is 56.4 Å². The molecular formula is C16H27ClN2O2S. The molecule has 126 valence electrons. The molecule has 4 nitrogen and oxygen atoms in total. The molecule has 1 heterocycles. The third kappa shape index (κ3) is 4.69. The van der Waals surface area contributed by atoms with Gasteiger partial charge < -0.3 is 5.32 Å². The van der Waals surface area contributed by atoms with Gasteiger partial charge in [0.05, 0.1) is 4.90 Å². The molecule has 1 fully saturated rings. The third-order valence-corrected chi connectivity index (χ3v) is 5.95. The van der Waals surface area contributed by atoms with Crippen LogP contribution in [0.15, 0.2) is 29.2 Å². The van der Waals surface area contributed by atoms with E-state index in [0.29, 0.717) is 11.4 Å². The van der Waals surface area contributed by atoms with Gasteiger partial charge >= 0.3 is 0 Å². The van der Waals surface area contributed by atoms with E-state index in [1.54, 1.807) is 12.1 Å². The summed E-state index contributed by atoms with van der Waals surface area (Å²) in [4.78, 5) is 0.344. The molecule has 2 rings (SSSR count). The third-order valence-electron chi connectivity index (χ3n) is 4.51. The van der Waals surface area contributed by atoms with Crippen molar-refractivity contribution in [3.8, 4) is 0 Å². The highest BCUT2D eigenvalue weighted by Gasteiger charge is 2.21. The fourth-order valence-electron chi connectivity index (χ4n) is 2.51. The average Bonchev–Trinajstić information content (AvgIpc) is 2.99. The quantitative estimate of drug-likeness (QED) is 0.832. The fraction of sp³-hybridized carbons (Fsp3) is 0.625. The number of nitrogens with one attached hydrogen (secondary N) is 2. The lowest BCUT2D eigenvalue weighted by Gasteiger charge is -2.23. The van der Waals surface area contributed by atoms with Crippen LogP contribution in [0.25, 0.3) is 0 Å². The predicted octanol–water partition coefficient (Wildman–Crippen LogP) is 2.83. The van der Waals surface area contributed by atoms with Gasteiger partial charge in [-0.1, -0.05) is 32.9 Å². The highest BCUT2D eigenvalue weighted by molar-refractivity contribution is 7.89. The van der Waals surface area contributed by atoms with Crippen molar-refractivity contribution in [1.29, 1.82) is 0 Å². The Morgan fingerprint density at radius 3 is 2.41 bits per heavy atom. The molecule has 0 aliphatic carbocycles. The molecule has 0 aromatic heterocycles. The largest absolute Gasteiger partial charge is 0.313 e. The Morgan fingerprint density at radius 1 is 1.27 bits per heavy atom. The first kappa shape index (κ1) is 19.4. The Balaban J connectivity index is 0.00000242. The summed E-state index contributed by atoms with van der Waals surface area (Å²) in [6.07, 6.45) is 3.17. The lowest BCUT2D eigenvalue weighted by atomic mass is 9.82. The lowest BCUT2D eigenvalue weighted by Crippen LogP contribution is -2.37. The average molecular weight is 347 g/mol. The van der Waals surface area contributed by atoms with Crippen LogP contribution >= 0.6 is 12.4 Å². The molecule has 1 aromatic carbocycles. The van der Waals surface area contributed by atoms with Crippen molar-refractivity contribution < 1.29 is 8.42 Å². The molecule has 1 saturated heterocycles. The Labute approximate surface area is 140 Å². The lowest BCUT2D eigenvalue weighted by molar-refractivity contribution is 0.505. The summed E-state index contributed by atoms with van der Waals surface area (Å²) in [5.41, 5.74) is 1.24. The molecule has 1 atom stereocenters. The highest BCUT2D eigenvalue weighted by atomic mass is 35.5. The van der Waals surface area contributed by atoms with Gasteiger partial charge in [-0.15, -0.1) is 12.4 Å². The minimum absolute atomic E-state index is 0. The fourth-order valence-corrected chi connectivity index (χ4v) is 3.60. The van der Waals surface area contributed by atoms with Crippen LogP contribution in [0.3, 0.4) is 0 Å². The summed E-state index contributed by atoms with van der Waals surface area (Å²) in [6, 6.07) is 7.52. The van der Waals surface area contributed by atoms with Gasteiger partial charge in [0.25, 0.3) is 0 Å². The van der Waals surface area contributed by atoms with Crippen LogP contribution in [0.4, 0.5) is 0 Å². The second kappa shape index (κ2) is 7.77. The van der Waals surface area contributed by atoms with E-state index >= 15 is 0 Å². The summed E-state index contributed by atoms with van der Waals surface area (Å²) in [5, 5.41) is 3.29. The maximum atomic E-state index is 12.3. The Kier molecular flexibility index (Phi) is 6.86. The molecule has 1 aliphatic rings. The van der Waals surface area contributed by atoms with Gasteiger partial charge in [-0.3, -0.25) is 0 Å². The molecule has 0 amide bonds. The highest BCUT2D eigenvalue weighted by Crippen LogP contribution is 2.27. The minimum atomic E-state index is -3.41. The van der Waals surface area contributed by atoms with Gasteiger partial charge in [0, 0.05) is 12.6 Å². The maximum absolute atomic E-state index is 12.3. The van der Waals surface area contributed by atoms with E-state index in [-0.39, 0.29) is 23.9 Å². The molecule has 0 radical (unpaired) electrons. The second-order valence-electron chi connectivity index (χ2n) is 6.41. The van der Waals surface area contributed by atoms with E-state index in [1.165, 1.54) is 5.56 Å². The van der Waals surface area contributed by atoms with E-state index in [0.717, 1.165) is 25.8 Å². The van der Waals surface area contributed by atoms with Crippen molar-refractivity contribution in [1.82, 2.24) is 10.0 Å². The molecule has 22 heavy (non-hydrogen) atoms. The Bertz CT molecular complexity index is 564. The minimum Gasteiger partial charge on any atom is -0.313 e. The van der Waals surface area contributed by atoms with E-state index in [4.69, 9.17) is 0 Å². The zero-order valence-electron chi connectivity index (χ0n) is 13.6.